The number of carbonyl (C=O) groups excluding carboxylic acids is 1. The standard InChI is InChI=1S/C17H15ClN4OS/c18-15-9-5-4-6-13(15)10-19-16(23)11-24-17-21-20-12-22(17)14-7-2-1-3-8-14/h1-9,12H,10-11H2,(H,19,23). The number of hydrogen-bond acceptors (Lipinski definition) is 4. The maximum Gasteiger partial charge on any atom is 0.230 e. The van der Waals surface area contributed by atoms with E-state index >= 15 is 0 Å². The van der Waals surface area contributed by atoms with Crippen LogP contribution in [0, 0.1) is 0 Å². The van der Waals surface area contributed by atoms with Gasteiger partial charge in [-0.25, -0.2) is 0 Å². The number of hydrogen-bond donors (Lipinski definition) is 1. The lowest BCUT2D eigenvalue weighted by atomic mass is 10.2. The first-order valence-electron chi connectivity index (χ1n) is 7.32. The Morgan fingerprint density at radius 1 is 1.12 bits per heavy atom. The van der Waals surface area contributed by atoms with Crippen molar-refractivity contribution in [1.29, 1.82) is 0 Å². The Labute approximate surface area is 149 Å². The summed E-state index contributed by atoms with van der Waals surface area (Å²) in [6, 6.07) is 17.2. The molecule has 122 valence electrons. The molecule has 0 saturated carbocycles. The van der Waals surface area contributed by atoms with Crippen LogP contribution >= 0.6 is 23.4 Å². The van der Waals surface area contributed by atoms with Gasteiger partial charge in [0.2, 0.25) is 5.91 Å². The van der Waals surface area contributed by atoms with Gasteiger partial charge in [-0.2, -0.15) is 0 Å². The molecule has 0 aliphatic rings. The maximum absolute atomic E-state index is 12.0. The molecule has 0 fully saturated rings. The van der Waals surface area contributed by atoms with E-state index in [4.69, 9.17) is 11.6 Å². The number of nitrogens with zero attached hydrogens (tertiary/aromatic N) is 3. The molecule has 3 rings (SSSR count). The summed E-state index contributed by atoms with van der Waals surface area (Å²) in [5, 5.41) is 12.2. The zero-order valence-corrected chi connectivity index (χ0v) is 14.3. The Kier molecular flexibility index (Phi) is 5.51. The van der Waals surface area contributed by atoms with E-state index in [-0.39, 0.29) is 11.7 Å². The van der Waals surface area contributed by atoms with Crippen molar-refractivity contribution in [2.24, 2.45) is 0 Å². The lowest BCUT2D eigenvalue weighted by molar-refractivity contribution is -0.118. The molecule has 24 heavy (non-hydrogen) atoms. The Hall–Kier alpha value is -2.31. The van der Waals surface area contributed by atoms with Crippen molar-refractivity contribution in [3.05, 3.63) is 71.5 Å². The molecule has 0 aliphatic carbocycles. The largest absolute Gasteiger partial charge is 0.351 e. The summed E-state index contributed by atoms with van der Waals surface area (Å²) >= 11 is 7.42. The predicted octanol–water partition coefficient (Wildman–Crippen LogP) is 3.33. The maximum atomic E-state index is 12.0. The summed E-state index contributed by atoms with van der Waals surface area (Å²) in [7, 11) is 0. The number of rotatable bonds is 6. The lowest BCUT2D eigenvalue weighted by Gasteiger charge is -2.08. The second kappa shape index (κ2) is 7.99. The van der Waals surface area contributed by atoms with E-state index in [1.54, 1.807) is 12.4 Å². The van der Waals surface area contributed by atoms with E-state index in [2.05, 4.69) is 15.5 Å². The van der Waals surface area contributed by atoms with Crippen molar-refractivity contribution in [3.8, 4) is 5.69 Å². The molecule has 1 amide bonds. The van der Waals surface area contributed by atoms with Crippen LogP contribution in [0.25, 0.3) is 5.69 Å². The van der Waals surface area contributed by atoms with Crippen LogP contribution in [0.2, 0.25) is 5.02 Å². The van der Waals surface area contributed by atoms with E-state index in [0.29, 0.717) is 16.7 Å². The average molecular weight is 359 g/mol. The van der Waals surface area contributed by atoms with Gasteiger partial charge in [0.15, 0.2) is 5.16 Å². The molecule has 1 aromatic heterocycles. The van der Waals surface area contributed by atoms with Crippen LogP contribution in [0.5, 0.6) is 0 Å². The van der Waals surface area contributed by atoms with Crippen LogP contribution in [0.1, 0.15) is 5.56 Å². The molecule has 1 N–H and O–H groups in total. The summed E-state index contributed by atoms with van der Waals surface area (Å²) in [4.78, 5) is 12.0. The number of aromatic nitrogens is 3. The van der Waals surface area contributed by atoms with Gasteiger partial charge in [-0.05, 0) is 23.8 Å². The van der Waals surface area contributed by atoms with Crippen molar-refractivity contribution in [2.75, 3.05) is 5.75 Å². The van der Waals surface area contributed by atoms with Crippen LogP contribution in [-0.2, 0) is 11.3 Å². The van der Waals surface area contributed by atoms with Gasteiger partial charge in [0.25, 0.3) is 0 Å². The molecular weight excluding hydrogens is 344 g/mol. The van der Waals surface area contributed by atoms with Crippen molar-refractivity contribution >= 4 is 29.3 Å². The van der Waals surface area contributed by atoms with Crippen LogP contribution in [0.4, 0.5) is 0 Å². The Bertz CT molecular complexity index is 822. The highest BCUT2D eigenvalue weighted by atomic mass is 35.5. The van der Waals surface area contributed by atoms with Crippen LogP contribution in [0.3, 0.4) is 0 Å². The van der Waals surface area contributed by atoms with Crippen LogP contribution < -0.4 is 5.32 Å². The normalized spacial score (nSPS) is 10.5. The van der Waals surface area contributed by atoms with Crippen LogP contribution in [0.15, 0.2) is 66.1 Å². The van der Waals surface area contributed by atoms with E-state index in [1.807, 2.05) is 53.1 Å². The highest BCUT2D eigenvalue weighted by Crippen LogP contribution is 2.19. The lowest BCUT2D eigenvalue weighted by Crippen LogP contribution is -2.24. The molecule has 0 unspecified atom stereocenters. The number of amides is 1. The summed E-state index contributed by atoms with van der Waals surface area (Å²) in [5.41, 5.74) is 1.85. The van der Waals surface area contributed by atoms with Crippen molar-refractivity contribution in [1.82, 2.24) is 20.1 Å². The highest BCUT2D eigenvalue weighted by molar-refractivity contribution is 7.99. The third kappa shape index (κ3) is 4.15. The fourth-order valence-corrected chi connectivity index (χ4v) is 3.07. The van der Waals surface area contributed by atoms with Crippen molar-refractivity contribution in [3.63, 3.8) is 0 Å². The van der Waals surface area contributed by atoms with E-state index < -0.39 is 0 Å². The molecule has 5 nitrogen and oxygen atoms in total. The van der Waals surface area contributed by atoms with Gasteiger partial charge in [0, 0.05) is 17.3 Å². The second-order valence-electron chi connectivity index (χ2n) is 4.98. The van der Waals surface area contributed by atoms with Crippen LogP contribution in [-0.4, -0.2) is 26.4 Å². The first-order valence-corrected chi connectivity index (χ1v) is 8.69. The molecule has 0 atom stereocenters. The SMILES string of the molecule is O=C(CSc1nncn1-c1ccccc1)NCc1ccccc1Cl. The predicted molar refractivity (Wildman–Crippen MR) is 95.4 cm³/mol. The minimum absolute atomic E-state index is 0.0810. The number of benzene rings is 2. The fraction of sp³-hybridized carbons (Fsp3) is 0.118. The Morgan fingerprint density at radius 2 is 1.88 bits per heavy atom. The number of para-hydroxylation sites is 1. The van der Waals surface area contributed by atoms with E-state index in [1.165, 1.54) is 11.8 Å². The highest BCUT2D eigenvalue weighted by Gasteiger charge is 2.10. The summed E-state index contributed by atoms with van der Waals surface area (Å²) in [5.74, 6) is 0.179. The summed E-state index contributed by atoms with van der Waals surface area (Å²) in [6.45, 7) is 0.407. The number of thioether (sulfide) groups is 1. The zero-order valence-electron chi connectivity index (χ0n) is 12.7. The summed E-state index contributed by atoms with van der Waals surface area (Å²) < 4.78 is 1.85. The monoisotopic (exact) mass is 358 g/mol. The minimum Gasteiger partial charge on any atom is -0.351 e. The molecule has 7 heteroatoms. The topological polar surface area (TPSA) is 59.8 Å². The summed E-state index contributed by atoms with van der Waals surface area (Å²) in [6.07, 6.45) is 1.64. The molecule has 2 aromatic carbocycles. The molecule has 1 heterocycles. The minimum atomic E-state index is -0.0810. The Balaban J connectivity index is 1.56. The second-order valence-corrected chi connectivity index (χ2v) is 6.33. The third-order valence-corrected chi connectivity index (χ3v) is 4.63. The van der Waals surface area contributed by atoms with Gasteiger partial charge in [-0.1, -0.05) is 59.8 Å². The Morgan fingerprint density at radius 3 is 2.67 bits per heavy atom. The number of nitrogens with one attached hydrogen (secondary N) is 1. The number of carbonyl (C=O) groups is 1. The van der Waals surface area contributed by atoms with Gasteiger partial charge in [0.05, 0.1) is 5.75 Å². The first kappa shape index (κ1) is 16.5. The molecular formula is C17H15ClN4OS. The van der Waals surface area contributed by atoms with Crippen molar-refractivity contribution in [2.45, 2.75) is 11.7 Å². The molecule has 0 aliphatic heterocycles. The molecule has 0 saturated heterocycles. The van der Waals surface area contributed by atoms with Gasteiger partial charge in [0.1, 0.15) is 6.33 Å². The molecule has 0 spiro atoms. The van der Waals surface area contributed by atoms with Gasteiger partial charge in [-0.3, -0.25) is 9.36 Å². The van der Waals surface area contributed by atoms with Gasteiger partial charge >= 0.3 is 0 Å². The van der Waals surface area contributed by atoms with E-state index in [9.17, 15) is 4.79 Å². The average Bonchev–Trinajstić information content (AvgIpc) is 3.08. The first-order chi connectivity index (χ1) is 11.7. The smallest absolute Gasteiger partial charge is 0.230 e. The van der Waals surface area contributed by atoms with Gasteiger partial charge < -0.3 is 5.32 Å². The molecule has 0 radical (unpaired) electrons. The van der Waals surface area contributed by atoms with Crippen molar-refractivity contribution < 1.29 is 4.79 Å². The fourth-order valence-electron chi connectivity index (χ4n) is 2.11. The van der Waals surface area contributed by atoms with E-state index in [0.717, 1.165) is 11.3 Å². The quantitative estimate of drug-likeness (QED) is 0.687. The molecule has 0 bridgehead atoms. The zero-order chi connectivity index (χ0) is 16.8. The molecule has 3 aromatic rings. The third-order valence-electron chi connectivity index (χ3n) is 3.32. The number of halogens is 1. The van der Waals surface area contributed by atoms with Gasteiger partial charge in [-0.15, -0.1) is 10.2 Å².